The standard InChI is InChI=1S/C52H32N6/c53-33-34-24-26-35(27-25-34)42-30-38(52-55-50(36-14-4-1-5-15-36)54-51(56-52)37-16-6-2-7-17-37)28-29-47(42)58-46-23-13-11-21-41(46)44-31-48-43(32-49(44)58)40-20-10-12-22-45(40)57(48)39-18-8-3-9-19-39/h1-32H. The minimum absolute atomic E-state index is 0.576. The van der Waals surface area contributed by atoms with E-state index in [4.69, 9.17) is 15.0 Å². The fraction of sp³-hybridized carbons (Fsp3) is 0. The highest BCUT2D eigenvalue weighted by atomic mass is 15.0. The molecule has 11 rings (SSSR count). The van der Waals surface area contributed by atoms with Crippen LogP contribution in [-0.4, -0.2) is 24.1 Å². The van der Waals surface area contributed by atoms with Crippen molar-refractivity contribution < 1.29 is 0 Å². The summed E-state index contributed by atoms with van der Waals surface area (Å²) in [6.07, 6.45) is 0. The third kappa shape index (κ3) is 5.45. The van der Waals surface area contributed by atoms with Gasteiger partial charge >= 0.3 is 0 Å². The lowest BCUT2D eigenvalue weighted by atomic mass is 9.99. The molecule has 0 bridgehead atoms. The molecule has 6 nitrogen and oxygen atoms in total. The Bertz CT molecular complexity index is 3320. The number of nitrogens with zero attached hydrogens (tertiary/aromatic N) is 6. The van der Waals surface area contributed by atoms with Crippen molar-refractivity contribution >= 4 is 43.6 Å². The first-order chi connectivity index (χ1) is 28.7. The van der Waals surface area contributed by atoms with E-state index in [0.29, 0.717) is 23.0 Å². The largest absolute Gasteiger partial charge is 0.309 e. The Morgan fingerprint density at radius 1 is 0.362 bits per heavy atom. The lowest BCUT2D eigenvalue weighted by Crippen LogP contribution is -2.02. The van der Waals surface area contributed by atoms with Crippen molar-refractivity contribution in [2.45, 2.75) is 0 Å². The molecule has 0 aliphatic heterocycles. The van der Waals surface area contributed by atoms with Crippen LogP contribution in [0.15, 0.2) is 194 Å². The summed E-state index contributed by atoms with van der Waals surface area (Å²) in [6, 6.07) is 69.2. The summed E-state index contributed by atoms with van der Waals surface area (Å²) in [7, 11) is 0. The fourth-order valence-electron chi connectivity index (χ4n) is 8.31. The summed E-state index contributed by atoms with van der Waals surface area (Å²) in [4.78, 5) is 15.1. The Kier molecular flexibility index (Phi) is 7.76. The van der Waals surface area contributed by atoms with Gasteiger partial charge in [0.2, 0.25) is 0 Å². The Labute approximate surface area is 334 Å². The van der Waals surface area contributed by atoms with Crippen molar-refractivity contribution in [2.75, 3.05) is 0 Å². The molecule has 3 heterocycles. The van der Waals surface area contributed by atoms with Gasteiger partial charge in [-0.25, -0.2) is 15.0 Å². The van der Waals surface area contributed by atoms with Crippen molar-refractivity contribution in [3.05, 3.63) is 200 Å². The second-order valence-corrected chi connectivity index (χ2v) is 14.4. The summed E-state index contributed by atoms with van der Waals surface area (Å²) in [5, 5.41) is 14.4. The van der Waals surface area contributed by atoms with Gasteiger partial charge in [-0.05, 0) is 72.3 Å². The topological polar surface area (TPSA) is 72.3 Å². The molecule has 0 amide bonds. The van der Waals surface area contributed by atoms with Gasteiger partial charge in [-0.1, -0.05) is 127 Å². The van der Waals surface area contributed by atoms with Crippen LogP contribution in [0.25, 0.3) is 100 Å². The molecule has 11 aromatic rings. The Morgan fingerprint density at radius 2 is 0.828 bits per heavy atom. The molecule has 0 N–H and O–H groups in total. The first-order valence-corrected chi connectivity index (χ1v) is 19.3. The number of nitriles is 1. The normalized spacial score (nSPS) is 11.4. The van der Waals surface area contributed by atoms with Crippen molar-refractivity contribution in [3.63, 3.8) is 0 Å². The van der Waals surface area contributed by atoms with E-state index < -0.39 is 0 Å². The van der Waals surface area contributed by atoms with Gasteiger partial charge in [0.1, 0.15) is 0 Å². The highest BCUT2D eigenvalue weighted by molar-refractivity contribution is 6.19. The van der Waals surface area contributed by atoms with Crippen LogP contribution in [0.3, 0.4) is 0 Å². The van der Waals surface area contributed by atoms with E-state index in [9.17, 15) is 5.26 Å². The molecule has 270 valence electrons. The molecule has 0 fully saturated rings. The number of rotatable bonds is 6. The average molecular weight is 741 g/mol. The monoisotopic (exact) mass is 740 g/mol. The molecular weight excluding hydrogens is 709 g/mol. The van der Waals surface area contributed by atoms with E-state index in [1.807, 2.05) is 84.9 Å². The first-order valence-electron chi connectivity index (χ1n) is 19.3. The molecule has 3 aromatic heterocycles. The number of hydrogen-bond acceptors (Lipinski definition) is 4. The van der Waals surface area contributed by atoms with Crippen LogP contribution in [0.2, 0.25) is 0 Å². The number of fused-ring (bicyclic) bond motifs is 6. The molecular formula is C52H32N6. The maximum atomic E-state index is 9.73. The molecule has 58 heavy (non-hydrogen) atoms. The molecule has 0 radical (unpaired) electrons. The maximum absolute atomic E-state index is 9.73. The number of para-hydroxylation sites is 3. The second kappa shape index (κ2) is 13.6. The van der Waals surface area contributed by atoms with Crippen LogP contribution in [0.1, 0.15) is 5.56 Å². The van der Waals surface area contributed by atoms with E-state index in [2.05, 4.69) is 124 Å². The fourth-order valence-corrected chi connectivity index (χ4v) is 8.31. The zero-order chi connectivity index (χ0) is 38.6. The van der Waals surface area contributed by atoms with E-state index in [1.165, 1.54) is 10.8 Å². The van der Waals surface area contributed by atoms with Crippen LogP contribution in [-0.2, 0) is 0 Å². The SMILES string of the molecule is N#Cc1ccc(-c2cc(-c3nc(-c4ccccc4)nc(-c4ccccc4)n3)ccc2-n2c3ccccc3c3cc4c(cc32)c2ccccc2n4-c2ccccc2)cc1. The molecule has 0 unspecified atom stereocenters. The lowest BCUT2D eigenvalue weighted by molar-refractivity contribution is 1.07. The average Bonchev–Trinajstić information content (AvgIpc) is 3.80. The lowest BCUT2D eigenvalue weighted by Gasteiger charge is -2.16. The molecule has 0 aliphatic rings. The highest BCUT2D eigenvalue weighted by Crippen LogP contribution is 2.42. The van der Waals surface area contributed by atoms with Crippen LogP contribution >= 0.6 is 0 Å². The van der Waals surface area contributed by atoms with E-state index in [0.717, 1.165) is 72.0 Å². The summed E-state index contributed by atoms with van der Waals surface area (Å²) >= 11 is 0. The predicted molar refractivity (Wildman–Crippen MR) is 235 cm³/mol. The zero-order valence-corrected chi connectivity index (χ0v) is 31.2. The molecule has 8 aromatic carbocycles. The molecule has 0 aliphatic carbocycles. The van der Waals surface area contributed by atoms with E-state index >= 15 is 0 Å². The van der Waals surface area contributed by atoms with Crippen LogP contribution in [0.4, 0.5) is 0 Å². The minimum atomic E-state index is 0.576. The van der Waals surface area contributed by atoms with Crippen molar-refractivity contribution in [1.29, 1.82) is 5.26 Å². The smallest absolute Gasteiger partial charge is 0.164 e. The van der Waals surface area contributed by atoms with Gasteiger partial charge < -0.3 is 9.13 Å². The Balaban J connectivity index is 1.19. The summed E-state index contributed by atoms with van der Waals surface area (Å²) in [5.41, 5.74) is 11.9. The quantitative estimate of drug-likeness (QED) is 0.170. The highest BCUT2D eigenvalue weighted by Gasteiger charge is 2.21. The predicted octanol–water partition coefficient (Wildman–Crippen LogP) is 12.6. The molecule has 0 atom stereocenters. The van der Waals surface area contributed by atoms with Gasteiger partial charge in [0, 0.05) is 49.5 Å². The third-order valence-corrected chi connectivity index (χ3v) is 11.0. The van der Waals surface area contributed by atoms with Crippen LogP contribution in [0, 0.1) is 11.3 Å². The van der Waals surface area contributed by atoms with Crippen molar-refractivity contribution in [1.82, 2.24) is 24.1 Å². The van der Waals surface area contributed by atoms with Crippen molar-refractivity contribution in [2.24, 2.45) is 0 Å². The number of hydrogen-bond donors (Lipinski definition) is 0. The van der Waals surface area contributed by atoms with Gasteiger partial charge in [0.05, 0.1) is 39.4 Å². The summed E-state index contributed by atoms with van der Waals surface area (Å²) in [5.74, 6) is 1.79. The first kappa shape index (κ1) is 33.2. The molecule has 6 heteroatoms. The van der Waals surface area contributed by atoms with E-state index in [-0.39, 0.29) is 0 Å². The Morgan fingerprint density at radius 3 is 1.40 bits per heavy atom. The molecule has 0 saturated carbocycles. The summed E-state index contributed by atoms with van der Waals surface area (Å²) in [6.45, 7) is 0. The molecule has 0 saturated heterocycles. The van der Waals surface area contributed by atoms with Crippen LogP contribution in [0.5, 0.6) is 0 Å². The van der Waals surface area contributed by atoms with Crippen LogP contribution < -0.4 is 0 Å². The Hall–Kier alpha value is -8.14. The summed E-state index contributed by atoms with van der Waals surface area (Å²) < 4.78 is 4.75. The van der Waals surface area contributed by atoms with Crippen molar-refractivity contribution in [3.8, 4) is 62.7 Å². The maximum Gasteiger partial charge on any atom is 0.164 e. The minimum Gasteiger partial charge on any atom is -0.309 e. The van der Waals surface area contributed by atoms with Gasteiger partial charge in [-0.2, -0.15) is 5.26 Å². The number of benzene rings is 8. The zero-order valence-electron chi connectivity index (χ0n) is 31.2. The van der Waals surface area contributed by atoms with E-state index in [1.54, 1.807) is 0 Å². The van der Waals surface area contributed by atoms with Gasteiger partial charge in [-0.15, -0.1) is 0 Å². The molecule has 0 spiro atoms. The number of aromatic nitrogens is 5. The van der Waals surface area contributed by atoms with Gasteiger partial charge in [0.25, 0.3) is 0 Å². The second-order valence-electron chi connectivity index (χ2n) is 14.4. The van der Waals surface area contributed by atoms with Gasteiger partial charge in [0.15, 0.2) is 17.5 Å². The van der Waals surface area contributed by atoms with Gasteiger partial charge in [-0.3, -0.25) is 0 Å². The third-order valence-electron chi connectivity index (χ3n) is 11.0.